The number of rotatable bonds is 7. The van der Waals surface area contributed by atoms with E-state index < -0.39 is 0 Å². The monoisotopic (exact) mass is 352 g/mol. The average molecular weight is 352 g/mol. The first-order valence-electron chi connectivity index (χ1n) is 8.38. The van der Waals surface area contributed by atoms with Crippen molar-refractivity contribution in [1.82, 2.24) is 10.2 Å². The van der Waals surface area contributed by atoms with Gasteiger partial charge in [-0.05, 0) is 30.7 Å². The summed E-state index contributed by atoms with van der Waals surface area (Å²) in [6.07, 6.45) is 3.07. The number of likely N-dealkylation sites (tertiary alicyclic amines) is 1. The molecule has 24 heavy (non-hydrogen) atoms. The predicted molar refractivity (Wildman–Crippen MR) is 91.8 cm³/mol. The number of hydrogen-bond donors (Lipinski definition) is 1. The Balaban J connectivity index is 1.69. The molecule has 1 fully saturated rings. The van der Waals surface area contributed by atoms with Crippen molar-refractivity contribution in [3.8, 4) is 0 Å². The van der Waals surface area contributed by atoms with Gasteiger partial charge in [0.1, 0.15) is 0 Å². The van der Waals surface area contributed by atoms with Crippen molar-refractivity contribution in [2.24, 2.45) is 5.92 Å². The van der Waals surface area contributed by atoms with Crippen LogP contribution in [0.15, 0.2) is 17.5 Å². The number of hydrogen-bond acceptors (Lipinski definition) is 5. The fourth-order valence-electron chi connectivity index (χ4n) is 2.58. The molecule has 0 aromatic carbocycles. The normalized spacial score (nSPS) is 15.1. The van der Waals surface area contributed by atoms with Gasteiger partial charge in [-0.2, -0.15) is 0 Å². The zero-order chi connectivity index (χ0) is 17.4. The molecule has 2 heterocycles. The van der Waals surface area contributed by atoms with Crippen molar-refractivity contribution in [3.05, 3.63) is 22.4 Å². The summed E-state index contributed by atoms with van der Waals surface area (Å²) in [5.74, 6) is -0.820. The standard InChI is InChI=1S/C17H24N2O4S/c1-2-3-8-18-15(20)12-23-17(22)13-6-9-19(10-7-13)16(21)14-5-4-11-24-14/h4-5,11,13H,2-3,6-10,12H2,1H3,(H,18,20). The second-order valence-electron chi connectivity index (χ2n) is 5.85. The molecule has 1 saturated heterocycles. The molecule has 1 aliphatic heterocycles. The molecule has 1 aromatic rings. The summed E-state index contributed by atoms with van der Waals surface area (Å²) in [5.41, 5.74) is 0. The number of amides is 2. The van der Waals surface area contributed by atoms with Crippen LogP contribution >= 0.6 is 11.3 Å². The third kappa shape index (κ3) is 5.33. The third-order valence-electron chi connectivity index (χ3n) is 4.05. The molecule has 0 bridgehead atoms. The first kappa shape index (κ1) is 18.4. The minimum Gasteiger partial charge on any atom is -0.455 e. The molecule has 2 rings (SSSR count). The molecule has 0 spiro atoms. The predicted octanol–water partition coefficient (Wildman–Crippen LogP) is 2.06. The molecule has 7 heteroatoms. The van der Waals surface area contributed by atoms with Crippen molar-refractivity contribution in [2.75, 3.05) is 26.2 Å². The van der Waals surface area contributed by atoms with Crippen LogP contribution in [-0.2, 0) is 14.3 Å². The van der Waals surface area contributed by atoms with Crippen molar-refractivity contribution < 1.29 is 19.1 Å². The summed E-state index contributed by atoms with van der Waals surface area (Å²) in [6.45, 7) is 3.51. The van der Waals surface area contributed by atoms with Crippen molar-refractivity contribution in [2.45, 2.75) is 32.6 Å². The van der Waals surface area contributed by atoms with Crippen LogP contribution in [0.4, 0.5) is 0 Å². The van der Waals surface area contributed by atoms with Crippen LogP contribution in [0.1, 0.15) is 42.3 Å². The van der Waals surface area contributed by atoms with Crippen LogP contribution in [0.25, 0.3) is 0 Å². The average Bonchev–Trinajstić information content (AvgIpc) is 3.14. The molecule has 132 valence electrons. The summed E-state index contributed by atoms with van der Waals surface area (Å²) in [5, 5.41) is 4.59. The lowest BCUT2D eigenvalue weighted by molar-refractivity contribution is -0.153. The Morgan fingerprint density at radius 3 is 2.71 bits per heavy atom. The molecule has 0 aliphatic carbocycles. The first-order chi connectivity index (χ1) is 11.6. The number of nitrogens with one attached hydrogen (secondary N) is 1. The number of carbonyl (C=O) groups excluding carboxylic acids is 3. The van der Waals surface area contributed by atoms with Crippen LogP contribution in [0.3, 0.4) is 0 Å². The number of nitrogens with zero attached hydrogens (tertiary/aromatic N) is 1. The second-order valence-corrected chi connectivity index (χ2v) is 6.80. The van der Waals surface area contributed by atoms with Crippen molar-refractivity contribution >= 4 is 29.1 Å². The summed E-state index contributed by atoms with van der Waals surface area (Å²) >= 11 is 1.42. The molecular weight excluding hydrogens is 328 g/mol. The van der Waals surface area contributed by atoms with Crippen LogP contribution < -0.4 is 5.32 Å². The van der Waals surface area contributed by atoms with Crippen molar-refractivity contribution in [3.63, 3.8) is 0 Å². The number of piperidine rings is 1. The van der Waals surface area contributed by atoms with E-state index in [1.165, 1.54) is 11.3 Å². The maximum atomic E-state index is 12.2. The van der Waals surface area contributed by atoms with Gasteiger partial charge >= 0.3 is 5.97 Å². The Bertz CT molecular complexity index is 551. The molecule has 0 unspecified atom stereocenters. The van der Waals surface area contributed by atoms with E-state index in [0.717, 1.165) is 17.7 Å². The molecular formula is C17H24N2O4S. The quantitative estimate of drug-likeness (QED) is 0.602. The van der Waals surface area contributed by atoms with E-state index in [9.17, 15) is 14.4 Å². The minimum atomic E-state index is -0.344. The van der Waals surface area contributed by atoms with Gasteiger partial charge in [-0.15, -0.1) is 11.3 Å². The van der Waals surface area contributed by atoms with E-state index in [0.29, 0.717) is 32.5 Å². The number of ether oxygens (including phenoxy) is 1. The number of thiophene rings is 1. The molecule has 1 aromatic heterocycles. The smallest absolute Gasteiger partial charge is 0.309 e. The largest absolute Gasteiger partial charge is 0.455 e. The summed E-state index contributed by atoms with van der Waals surface area (Å²) < 4.78 is 5.09. The van der Waals surface area contributed by atoms with Crippen LogP contribution in [0, 0.1) is 5.92 Å². The van der Waals surface area contributed by atoms with Gasteiger partial charge in [0.25, 0.3) is 11.8 Å². The summed E-state index contributed by atoms with van der Waals surface area (Å²) in [6, 6.07) is 3.66. The van der Waals surface area contributed by atoms with Crippen LogP contribution in [0.2, 0.25) is 0 Å². The SMILES string of the molecule is CCCCNC(=O)COC(=O)C1CCN(C(=O)c2cccs2)CC1. The maximum Gasteiger partial charge on any atom is 0.309 e. The molecule has 6 nitrogen and oxygen atoms in total. The number of esters is 1. The minimum absolute atomic E-state index is 0.0205. The highest BCUT2D eigenvalue weighted by Crippen LogP contribution is 2.21. The molecule has 0 radical (unpaired) electrons. The Kier molecular flexibility index (Phi) is 7.24. The number of carbonyl (C=O) groups is 3. The second kappa shape index (κ2) is 9.42. The van der Waals surface area contributed by atoms with Gasteiger partial charge in [0.05, 0.1) is 10.8 Å². The van der Waals surface area contributed by atoms with E-state index in [2.05, 4.69) is 5.32 Å². The van der Waals surface area contributed by atoms with E-state index in [-0.39, 0.29) is 30.3 Å². The van der Waals surface area contributed by atoms with E-state index in [1.54, 1.807) is 4.90 Å². The molecule has 0 atom stereocenters. The van der Waals surface area contributed by atoms with Crippen LogP contribution in [-0.4, -0.2) is 48.9 Å². The Hall–Kier alpha value is -1.89. The highest BCUT2D eigenvalue weighted by molar-refractivity contribution is 7.12. The number of unbranched alkanes of at least 4 members (excludes halogenated alkanes) is 1. The first-order valence-corrected chi connectivity index (χ1v) is 9.26. The van der Waals surface area contributed by atoms with Gasteiger partial charge in [-0.1, -0.05) is 19.4 Å². The lowest BCUT2D eigenvalue weighted by atomic mass is 9.97. The third-order valence-corrected chi connectivity index (χ3v) is 4.90. The van der Waals surface area contributed by atoms with Gasteiger partial charge in [0, 0.05) is 19.6 Å². The Morgan fingerprint density at radius 2 is 2.08 bits per heavy atom. The van der Waals surface area contributed by atoms with Gasteiger partial charge in [-0.25, -0.2) is 0 Å². The van der Waals surface area contributed by atoms with Gasteiger partial charge in [0.15, 0.2) is 6.61 Å². The zero-order valence-corrected chi connectivity index (χ0v) is 14.8. The fourth-order valence-corrected chi connectivity index (χ4v) is 3.28. The molecule has 1 N–H and O–H groups in total. The van der Waals surface area contributed by atoms with Crippen LogP contribution in [0.5, 0.6) is 0 Å². The molecule has 0 saturated carbocycles. The highest BCUT2D eigenvalue weighted by Gasteiger charge is 2.29. The van der Waals surface area contributed by atoms with E-state index in [1.807, 2.05) is 24.4 Å². The zero-order valence-electron chi connectivity index (χ0n) is 14.0. The van der Waals surface area contributed by atoms with Crippen molar-refractivity contribution in [1.29, 1.82) is 0 Å². The lowest BCUT2D eigenvalue weighted by Gasteiger charge is -2.30. The highest BCUT2D eigenvalue weighted by atomic mass is 32.1. The summed E-state index contributed by atoms with van der Waals surface area (Å²) in [7, 11) is 0. The van der Waals surface area contributed by atoms with Gasteiger partial charge in [0.2, 0.25) is 0 Å². The molecule has 1 aliphatic rings. The molecule has 2 amide bonds. The maximum absolute atomic E-state index is 12.2. The Morgan fingerprint density at radius 1 is 1.33 bits per heavy atom. The fraction of sp³-hybridized carbons (Fsp3) is 0.588. The van der Waals surface area contributed by atoms with Gasteiger partial charge < -0.3 is 15.0 Å². The lowest BCUT2D eigenvalue weighted by Crippen LogP contribution is -2.41. The Labute approximate surface area is 146 Å². The topological polar surface area (TPSA) is 75.7 Å². The van der Waals surface area contributed by atoms with E-state index >= 15 is 0 Å². The van der Waals surface area contributed by atoms with Gasteiger partial charge in [-0.3, -0.25) is 14.4 Å². The van der Waals surface area contributed by atoms with E-state index in [4.69, 9.17) is 4.74 Å². The summed E-state index contributed by atoms with van der Waals surface area (Å²) in [4.78, 5) is 38.3.